The van der Waals surface area contributed by atoms with Crippen LogP contribution in [0.25, 0.3) is 0 Å². The number of rotatable bonds is 11. The van der Waals surface area contributed by atoms with Crippen LogP contribution in [0.15, 0.2) is 43.0 Å². The third-order valence-corrected chi connectivity index (χ3v) is 3.83. The van der Waals surface area contributed by atoms with E-state index in [4.69, 9.17) is 9.47 Å². The number of ether oxygens (including phenoxy) is 2. The van der Waals surface area contributed by atoms with E-state index < -0.39 is 23.8 Å². The van der Waals surface area contributed by atoms with Gasteiger partial charge in [-0.15, -0.1) is 6.58 Å². The number of benzene rings is 1. The number of carbonyl (C=O) groups is 3. The first-order valence-electron chi connectivity index (χ1n) is 10.0. The average Bonchev–Trinajstić information content (AvgIpc) is 2.68. The SMILES string of the molecule is C=CCNC(=O)[C@H](CCCCNC(=O)OC(C)(C)C)NC(=O)OCc1ccccc1. The first kappa shape index (κ1) is 25.0. The van der Waals surface area contributed by atoms with Crippen LogP contribution in [0.2, 0.25) is 0 Å². The van der Waals surface area contributed by atoms with E-state index in [0.29, 0.717) is 32.4 Å². The van der Waals surface area contributed by atoms with Gasteiger partial charge in [0.15, 0.2) is 0 Å². The van der Waals surface area contributed by atoms with Crippen LogP contribution in [-0.2, 0) is 20.9 Å². The fourth-order valence-corrected chi connectivity index (χ4v) is 2.45. The quantitative estimate of drug-likeness (QED) is 0.377. The lowest BCUT2D eigenvalue weighted by atomic mass is 10.1. The fourth-order valence-electron chi connectivity index (χ4n) is 2.45. The van der Waals surface area contributed by atoms with Crippen molar-refractivity contribution in [2.45, 2.75) is 58.3 Å². The summed E-state index contributed by atoms with van der Waals surface area (Å²) in [5.41, 5.74) is 0.302. The Morgan fingerprint density at radius 3 is 2.40 bits per heavy atom. The highest BCUT2D eigenvalue weighted by Crippen LogP contribution is 2.07. The van der Waals surface area contributed by atoms with Gasteiger partial charge in [-0.3, -0.25) is 4.79 Å². The molecule has 3 amide bonds. The molecule has 0 aliphatic rings. The summed E-state index contributed by atoms with van der Waals surface area (Å²) in [6.45, 7) is 9.78. The Kier molecular flexibility index (Phi) is 11.0. The van der Waals surface area contributed by atoms with E-state index in [1.54, 1.807) is 26.8 Å². The molecule has 0 fully saturated rings. The molecule has 1 aromatic rings. The molecule has 1 atom stereocenters. The molecule has 0 heterocycles. The predicted octanol–water partition coefficient (Wildman–Crippen LogP) is 3.28. The zero-order valence-electron chi connectivity index (χ0n) is 18.0. The Labute approximate surface area is 178 Å². The van der Waals surface area contributed by atoms with Gasteiger partial charge >= 0.3 is 12.2 Å². The Balaban J connectivity index is 2.43. The van der Waals surface area contributed by atoms with Crippen molar-refractivity contribution in [1.82, 2.24) is 16.0 Å². The third-order valence-electron chi connectivity index (χ3n) is 3.83. The standard InChI is InChI=1S/C22H33N3O5/c1-5-14-23-19(26)18(13-9-10-15-24-20(27)30-22(2,3)4)25-21(28)29-16-17-11-7-6-8-12-17/h5-8,11-12,18H,1,9-10,13-16H2,2-4H3,(H,23,26)(H,24,27)(H,25,28)/t18-/m0/s1. The molecule has 1 aromatic carbocycles. The van der Waals surface area contributed by atoms with Gasteiger partial charge in [0.25, 0.3) is 0 Å². The first-order valence-corrected chi connectivity index (χ1v) is 10.0. The molecule has 0 saturated heterocycles. The first-order chi connectivity index (χ1) is 14.2. The Hall–Kier alpha value is -3.03. The lowest BCUT2D eigenvalue weighted by Gasteiger charge is -2.20. The number of unbranched alkanes of at least 4 members (excludes halogenated alkanes) is 1. The topological polar surface area (TPSA) is 106 Å². The maximum Gasteiger partial charge on any atom is 0.408 e. The lowest BCUT2D eigenvalue weighted by Crippen LogP contribution is -2.47. The van der Waals surface area contributed by atoms with Crippen molar-refractivity contribution in [2.75, 3.05) is 13.1 Å². The summed E-state index contributed by atoms with van der Waals surface area (Å²) in [6, 6.07) is 8.54. The van der Waals surface area contributed by atoms with E-state index in [1.807, 2.05) is 30.3 Å². The summed E-state index contributed by atoms with van der Waals surface area (Å²) in [5, 5.41) is 7.96. The van der Waals surface area contributed by atoms with Gasteiger partial charge in [0.1, 0.15) is 18.2 Å². The normalized spacial score (nSPS) is 11.7. The molecule has 0 aliphatic carbocycles. The Bertz CT molecular complexity index is 686. The van der Waals surface area contributed by atoms with Crippen molar-refractivity contribution >= 4 is 18.1 Å². The zero-order valence-corrected chi connectivity index (χ0v) is 18.0. The molecule has 30 heavy (non-hydrogen) atoms. The molecule has 0 unspecified atom stereocenters. The molecular formula is C22H33N3O5. The number of amides is 3. The molecule has 0 spiro atoms. The number of hydrogen-bond donors (Lipinski definition) is 3. The molecule has 8 heteroatoms. The van der Waals surface area contributed by atoms with Crippen molar-refractivity contribution in [1.29, 1.82) is 0 Å². The largest absolute Gasteiger partial charge is 0.445 e. The molecule has 3 N–H and O–H groups in total. The van der Waals surface area contributed by atoms with Crippen molar-refractivity contribution < 1.29 is 23.9 Å². The predicted molar refractivity (Wildman–Crippen MR) is 115 cm³/mol. The van der Waals surface area contributed by atoms with Crippen LogP contribution in [0.4, 0.5) is 9.59 Å². The van der Waals surface area contributed by atoms with Crippen LogP contribution in [0, 0.1) is 0 Å². The minimum atomic E-state index is -0.741. The molecule has 0 saturated carbocycles. The van der Waals surface area contributed by atoms with Crippen LogP contribution >= 0.6 is 0 Å². The molecule has 0 aliphatic heterocycles. The lowest BCUT2D eigenvalue weighted by molar-refractivity contribution is -0.123. The maximum absolute atomic E-state index is 12.3. The van der Waals surface area contributed by atoms with Gasteiger partial charge in [-0.05, 0) is 45.6 Å². The molecule has 8 nitrogen and oxygen atoms in total. The average molecular weight is 420 g/mol. The van der Waals surface area contributed by atoms with Gasteiger partial charge in [0.05, 0.1) is 0 Å². The van der Waals surface area contributed by atoms with Crippen molar-refractivity contribution in [3.8, 4) is 0 Å². The fraction of sp³-hybridized carbons (Fsp3) is 0.500. The van der Waals surface area contributed by atoms with Gasteiger partial charge in [0.2, 0.25) is 5.91 Å². The summed E-state index contributed by atoms with van der Waals surface area (Å²) < 4.78 is 10.4. The number of nitrogens with one attached hydrogen (secondary N) is 3. The van der Waals surface area contributed by atoms with Crippen LogP contribution in [0.5, 0.6) is 0 Å². The zero-order chi connectivity index (χ0) is 22.4. The highest BCUT2D eigenvalue weighted by molar-refractivity contribution is 5.85. The molecule has 166 valence electrons. The van der Waals surface area contributed by atoms with Gasteiger partial charge < -0.3 is 25.4 Å². The maximum atomic E-state index is 12.3. The molecule has 0 aromatic heterocycles. The molecule has 0 radical (unpaired) electrons. The van der Waals surface area contributed by atoms with E-state index in [0.717, 1.165) is 5.56 Å². The summed E-state index contributed by atoms with van der Waals surface area (Å²) in [4.78, 5) is 36.1. The second-order valence-electron chi connectivity index (χ2n) is 7.72. The molecular weight excluding hydrogens is 386 g/mol. The van der Waals surface area contributed by atoms with Crippen molar-refractivity contribution in [3.05, 3.63) is 48.6 Å². The van der Waals surface area contributed by atoms with Crippen LogP contribution in [-0.4, -0.2) is 42.8 Å². The molecule has 0 bridgehead atoms. The summed E-state index contributed by atoms with van der Waals surface area (Å²) in [7, 11) is 0. The number of hydrogen-bond acceptors (Lipinski definition) is 5. The highest BCUT2D eigenvalue weighted by atomic mass is 16.6. The van der Waals surface area contributed by atoms with Crippen LogP contribution in [0.1, 0.15) is 45.6 Å². The molecule has 1 rings (SSSR count). The highest BCUT2D eigenvalue weighted by Gasteiger charge is 2.21. The number of alkyl carbamates (subject to hydrolysis) is 2. The minimum Gasteiger partial charge on any atom is -0.445 e. The van der Waals surface area contributed by atoms with Crippen LogP contribution < -0.4 is 16.0 Å². The van der Waals surface area contributed by atoms with Crippen molar-refractivity contribution in [2.24, 2.45) is 0 Å². The van der Waals surface area contributed by atoms with E-state index in [2.05, 4.69) is 22.5 Å². The second kappa shape index (κ2) is 13.2. The second-order valence-corrected chi connectivity index (χ2v) is 7.72. The summed E-state index contributed by atoms with van der Waals surface area (Å²) in [5.74, 6) is -0.313. The number of carbonyl (C=O) groups excluding carboxylic acids is 3. The monoisotopic (exact) mass is 419 g/mol. The smallest absolute Gasteiger partial charge is 0.408 e. The third kappa shape index (κ3) is 11.7. The van der Waals surface area contributed by atoms with E-state index in [1.165, 1.54) is 0 Å². The van der Waals surface area contributed by atoms with Crippen LogP contribution in [0.3, 0.4) is 0 Å². The summed E-state index contributed by atoms with van der Waals surface area (Å²) >= 11 is 0. The van der Waals surface area contributed by atoms with Gasteiger partial charge in [-0.1, -0.05) is 36.4 Å². The minimum absolute atomic E-state index is 0.119. The van der Waals surface area contributed by atoms with E-state index in [9.17, 15) is 14.4 Å². The van der Waals surface area contributed by atoms with Crippen molar-refractivity contribution in [3.63, 3.8) is 0 Å². The van der Waals surface area contributed by atoms with E-state index >= 15 is 0 Å². The Morgan fingerprint density at radius 2 is 1.77 bits per heavy atom. The van der Waals surface area contributed by atoms with Gasteiger partial charge in [-0.2, -0.15) is 0 Å². The Morgan fingerprint density at radius 1 is 1.07 bits per heavy atom. The van der Waals surface area contributed by atoms with E-state index in [-0.39, 0.29) is 12.5 Å². The van der Waals surface area contributed by atoms with Gasteiger partial charge in [-0.25, -0.2) is 9.59 Å². The summed E-state index contributed by atoms with van der Waals surface area (Å²) in [6.07, 6.45) is 2.06. The van der Waals surface area contributed by atoms with Gasteiger partial charge in [0, 0.05) is 13.1 Å².